The molecule has 2 aliphatic rings. The Kier molecular flexibility index (Phi) is 6.88. The monoisotopic (exact) mass is 416 g/mol. The molecule has 31 heavy (non-hydrogen) atoms. The highest BCUT2D eigenvalue weighted by molar-refractivity contribution is 6.04. The lowest BCUT2D eigenvalue weighted by molar-refractivity contribution is -0.0639. The largest absolute Gasteiger partial charge is 0.377 e. The van der Waals surface area contributed by atoms with Gasteiger partial charge in [-0.25, -0.2) is 0 Å². The summed E-state index contributed by atoms with van der Waals surface area (Å²) in [4.78, 5) is 20.7. The van der Waals surface area contributed by atoms with E-state index in [0.717, 1.165) is 49.2 Å². The van der Waals surface area contributed by atoms with Crippen molar-refractivity contribution < 1.29 is 9.63 Å². The number of allylic oxidation sites excluding steroid dienone is 1. The zero-order valence-electron chi connectivity index (χ0n) is 18.3. The molecule has 0 aromatic heterocycles. The highest BCUT2D eigenvalue weighted by Crippen LogP contribution is 2.34. The molecule has 0 atom stereocenters. The molecule has 2 heterocycles. The van der Waals surface area contributed by atoms with Gasteiger partial charge in [0, 0.05) is 43.8 Å². The SMILES string of the molecule is CCCCCc1ccc(C(=O)C=CN2CCC3(C=C(c4ccccc4)NO3)CC2)cc1. The van der Waals surface area contributed by atoms with Crippen molar-refractivity contribution >= 4 is 11.5 Å². The average molecular weight is 417 g/mol. The summed E-state index contributed by atoms with van der Waals surface area (Å²) in [7, 11) is 0. The number of nitrogens with one attached hydrogen (secondary N) is 1. The molecule has 1 N–H and O–H groups in total. The van der Waals surface area contributed by atoms with Gasteiger partial charge in [-0.15, -0.1) is 0 Å². The van der Waals surface area contributed by atoms with Crippen LogP contribution in [0.1, 0.15) is 60.5 Å². The molecule has 0 bridgehead atoms. The predicted molar refractivity (Wildman–Crippen MR) is 125 cm³/mol. The summed E-state index contributed by atoms with van der Waals surface area (Å²) in [6, 6.07) is 18.3. The average Bonchev–Trinajstić information content (AvgIpc) is 3.23. The minimum atomic E-state index is -0.257. The molecule has 0 radical (unpaired) electrons. The van der Waals surface area contributed by atoms with E-state index in [2.05, 4.69) is 47.6 Å². The molecular weight excluding hydrogens is 384 g/mol. The number of hydrogen-bond donors (Lipinski definition) is 1. The van der Waals surface area contributed by atoms with Gasteiger partial charge in [-0.05, 0) is 30.0 Å². The first kappa shape index (κ1) is 21.4. The standard InChI is InChI=1S/C27H32N2O2/c1-2-3-5-8-22-11-13-24(14-12-22)26(30)15-18-29-19-16-27(17-20-29)21-25(28-31-27)23-9-6-4-7-10-23/h4,6-7,9-15,18,21,28H,2-3,5,8,16-17,19-20H2,1H3. The van der Waals surface area contributed by atoms with E-state index in [1.54, 1.807) is 6.08 Å². The zero-order valence-corrected chi connectivity index (χ0v) is 18.3. The fourth-order valence-corrected chi connectivity index (χ4v) is 4.22. The Bertz CT molecular complexity index is 923. The maximum atomic E-state index is 12.6. The van der Waals surface area contributed by atoms with Crippen LogP contribution < -0.4 is 5.48 Å². The number of piperidine rings is 1. The van der Waals surface area contributed by atoms with Crippen LogP contribution in [0.3, 0.4) is 0 Å². The third-order valence-corrected chi connectivity index (χ3v) is 6.25. The van der Waals surface area contributed by atoms with Crippen LogP contribution in [0.4, 0.5) is 0 Å². The van der Waals surface area contributed by atoms with E-state index in [9.17, 15) is 4.79 Å². The summed E-state index contributed by atoms with van der Waals surface area (Å²) in [5, 5.41) is 0. The highest BCUT2D eigenvalue weighted by atomic mass is 16.7. The number of aryl methyl sites for hydroxylation is 1. The molecule has 4 nitrogen and oxygen atoms in total. The number of benzene rings is 2. The maximum Gasteiger partial charge on any atom is 0.187 e. The Morgan fingerprint density at radius 3 is 2.52 bits per heavy atom. The van der Waals surface area contributed by atoms with Gasteiger partial charge < -0.3 is 4.90 Å². The van der Waals surface area contributed by atoms with Crippen molar-refractivity contribution in [1.29, 1.82) is 0 Å². The van der Waals surface area contributed by atoms with Crippen LogP contribution in [0, 0.1) is 0 Å². The fraction of sp³-hybridized carbons (Fsp3) is 0.370. The molecule has 4 heteroatoms. The lowest BCUT2D eigenvalue weighted by Crippen LogP contribution is -2.42. The Balaban J connectivity index is 1.29. The molecule has 0 amide bonds. The molecule has 0 unspecified atom stereocenters. The second-order valence-corrected chi connectivity index (χ2v) is 8.56. The lowest BCUT2D eigenvalue weighted by Gasteiger charge is -2.36. The number of likely N-dealkylation sites (tertiary alicyclic amines) is 1. The Morgan fingerprint density at radius 2 is 1.81 bits per heavy atom. The van der Waals surface area contributed by atoms with Gasteiger partial charge in [-0.3, -0.25) is 15.1 Å². The minimum Gasteiger partial charge on any atom is -0.377 e. The molecule has 1 fully saturated rings. The normalized spacial score (nSPS) is 17.7. The van der Waals surface area contributed by atoms with Gasteiger partial charge in [-0.2, -0.15) is 0 Å². The van der Waals surface area contributed by atoms with Crippen molar-refractivity contribution in [2.24, 2.45) is 0 Å². The van der Waals surface area contributed by atoms with Gasteiger partial charge in [0.2, 0.25) is 0 Å². The first-order valence-corrected chi connectivity index (χ1v) is 11.5. The molecule has 4 rings (SSSR count). The number of hydrogen-bond acceptors (Lipinski definition) is 4. The summed E-state index contributed by atoms with van der Waals surface area (Å²) in [6.45, 7) is 3.94. The minimum absolute atomic E-state index is 0.0606. The molecule has 2 aromatic carbocycles. The highest BCUT2D eigenvalue weighted by Gasteiger charge is 2.38. The first-order valence-electron chi connectivity index (χ1n) is 11.5. The second-order valence-electron chi connectivity index (χ2n) is 8.56. The Hall–Kier alpha value is -2.85. The lowest BCUT2D eigenvalue weighted by atomic mass is 9.90. The summed E-state index contributed by atoms with van der Waals surface area (Å²) in [5.41, 5.74) is 7.10. The quantitative estimate of drug-likeness (QED) is 0.349. The fourth-order valence-electron chi connectivity index (χ4n) is 4.22. The van der Waals surface area contributed by atoms with Gasteiger partial charge in [0.1, 0.15) is 5.60 Å². The summed E-state index contributed by atoms with van der Waals surface area (Å²) in [5.74, 6) is 0.0606. The first-order chi connectivity index (χ1) is 15.2. The van der Waals surface area contributed by atoms with Crippen molar-refractivity contribution in [3.05, 3.63) is 89.6 Å². The van der Waals surface area contributed by atoms with Crippen molar-refractivity contribution in [2.75, 3.05) is 13.1 Å². The maximum absolute atomic E-state index is 12.6. The summed E-state index contributed by atoms with van der Waals surface area (Å²) < 4.78 is 0. The van der Waals surface area contributed by atoms with Crippen LogP contribution in [0.5, 0.6) is 0 Å². The van der Waals surface area contributed by atoms with Crippen LogP contribution >= 0.6 is 0 Å². The number of hydroxylamine groups is 1. The van der Waals surface area contributed by atoms with Crippen molar-refractivity contribution in [1.82, 2.24) is 10.4 Å². The van der Waals surface area contributed by atoms with Crippen LogP contribution in [0.15, 0.2) is 72.9 Å². The Labute approximate surface area is 185 Å². The van der Waals surface area contributed by atoms with Crippen LogP contribution in [-0.4, -0.2) is 29.4 Å². The number of nitrogens with zero attached hydrogens (tertiary/aromatic N) is 1. The van der Waals surface area contributed by atoms with E-state index < -0.39 is 0 Å². The smallest absolute Gasteiger partial charge is 0.187 e. The number of rotatable bonds is 8. The molecule has 0 aliphatic carbocycles. The number of carbonyl (C=O) groups is 1. The summed E-state index contributed by atoms with van der Waals surface area (Å²) in [6.07, 6.45) is 12.4. The second kappa shape index (κ2) is 9.97. The van der Waals surface area contributed by atoms with Gasteiger partial charge in [0.15, 0.2) is 5.78 Å². The molecular formula is C27H32N2O2. The van der Waals surface area contributed by atoms with E-state index in [0.29, 0.717) is 0 Å². The van der Waals surface area contributed by atoms with Crippen molar-refractivity contribution in [3.8, 4) is 0 Å². The number of carbonyl (C=O) groups excluding carboxylic acids is 1. The number of unbranched alkanes of at least 4 members (excludes halogenated alkanes) is 2. The van der Waals surface area contributed by atoms with E-state index in [4.69, 9.17) is 4.84 Å². The van der Waals surface area contributed by atoms with E-state index in [1.807, 2.05) is 36.5 Å². The molecule has 2 aromatic rings. The molecule has 162 valence electrons. The van der Waals surface area contributed by atoms with Gasteiger partial charge in [-0.1, -0.05) is 74.4 Å². The Morgan fingerprint density at radius 1 is 1.06 bits per heavy atom. The summed E-state index contributed by atoms with van der Waals surface area (Å²) >= 11 is 0. The third kappa shape index (κ3) is 5.45. The van der Waals surface area contributed by atoms with Gasteiger partial charge in [0.25, 0.3) is 0 Å². The third-order valence-electron chi connectivity index (χ3n) is 6.25. The zero-order chi connectivity index (χ0) is 21.5. The van der Waals surface area contributed by atoms with E-state index >= 15 is 0 Å². The van der Waals surface area contributed by atoms with E-state index in [1.165, 1.54) is 24.8 Å². The molecule has 1 saturated heterocycles. The topological polar surface area (TPSA) is 41.6 Å². The van der Waals surface area contributed by atoms with Crippen LogP contribution in [-0.2, 0) is 11.3 Å². The van der Waals surface area contributed by atoms with E-state index in [-0.39, 0.29) is 11.4 Å². The van der Waals surface area contributed by atoms with Crippen LogP contribution in [0.25, 0.3) is 5.70 Å². The van der Waals surface area contributed by atoms with Crippen LogP contribution in [0.2, 0.25) is 0 Å². The molecule has 2 aliphatic heterocycles. The van der Waals surface area contributed by atoms with Crippen molar-refractivity contribution in [3.63, 3.8) is 0 Å². The van der Waals surface area contributed by atoms with Gasteiger partial charge in [0.05, 0.1) is 5.70 Å². The van der Waals surface area contributed by atoms with Crippen molar-refractivity contribution in [2.45, 2.75) is 51.0 Å². The number of ketones is 1. The molecule has 1 spiro atoms. The molecule has 0 saturated carbocycles. The van der Waals surface area contributed by atoms with Gasteiger partial charge >= 0.3 is 0 Å². The predicted octanol–water partition coefficient (Wildman–Crippen LogP) is 5.53.